The number of aryl methyl sites for hydroxylation is 1. The van der Waals surface area contributed by atoms with E-state index in [0.717, 1.165) is 56.7 Å². The van der Waals surface area contributed by atoms with Gasteiger partial charge in [-0.25, -0.2) is 0 Å². The molecule has 0 atom stereocenters. The Kier molecular flexibility index (Phi) is 5.49. The van der Waals surface area contributed by atoms with Crippen LogP contribution in [0.25, 0.3) is 55.3 Å². The lowest BCUT2D eigenvalue weighted by Gasteiger charge is -2.22. The van der Waals surface area contributed by atoms with Gasteiger partial charge in [-0.15, -0.1) is 0 Å². The molecule has 3 heterocycles. The second kappa shape index (κ2) is 8.62. The number of pyridine rings is 1. The number of furan rings is 2. The molecule has 0 aliphatic heterocycles. The smallest absolute Gasteiger partial charge is 0.161 e. The molecule has 0 spiro atoms. The summed E-state index contributed by atoms with van der Waals surface area (Å²) < 4.78 is 12.8. The summed E-state index contributed by atoms with van der Waals surface area (Å²) in [6.45, 7) is 13.3. The number of hydrogen-bond donors (Lipinski definition) is 0. The van der Waals surface area contributed by atoms with Gasteiger partial charge in [-0.05, 0) is 83.0 Å². The van der Waals surface area contributed by atoms with E-state index >= 15 is 0 Å². The molecule has 186 valence electrons. The summed E-state index contributed by atoms with van der Waals surface area (Å²) in [5.74, 6) is 2.28. The van der Waals surface area contributed by atoms with E-state index in [1.165, 1.54) is 21.9 Å². The first-order chi connectivity index (χ1) is 17.7. The van der Waals surface area contributed by atoms with Crippen molar-refractivity contribution in [1.82, 2.24) is 4.98 Å². The van der Waals surface area contributed by atoms with E-state index in [9.17, 15) is 0 Å². The topological polar surface area (TPSA) is 39.2 Å². The fourth-order valence-electron chi connectivity index (χ4n) is 5.53. The Bertz CT molecular complexity index is 1780. The SMILES string of the molecule is Cc1oc2ccc(CC(C)C)cc2c1-c1cc2ccnc(-c3cc(C(C)(C)C)c4ccccc4c3)c2o1. The third-order valence-electron chi connectivity index (χ3n) is 7.20. The summed E-state index contributed by atoms with van der Waals surface area (Å²) in [7, 11) is 0. The molecule has 0 N–H and O–H groups in total. The molecule has 6 rings (SSSR count). The predicted molar refractivity (Wildman–Crippen MR) is 154 cm³/mol. The molecule has 0 aliphatic carbocycles. The van der Waals surface area contributed by atoms with Crippen molar-refractivity contribution in [2.75, 3.05) is 0 Å². The maximum absolute atomic E-state index is 6.62. The highest BCUT2D eigenvalue weighted by atomic mass is 16.4. The zero-order valence-corrected chi connectivity index (χ0v) is 22.5. The maximum Gasteiger partial charge on any atom is 0.161 e. The molecule has 0 saturated heterocycles. The van der Waals surface area contributed by atoms with E-state index in [1.807, 2.05) is 19.2 Å². The van der Waals surface area contributed by atoms with Crippen molar-refractivity contribution in [3.05, 3.63) is 89.8 Å². The van der Waals surface area contributed by atoms with Gasteiger partial charge in [0.2, 0.25) is 0 Å². The molecule has 0 aliphatic rings. The van der Waals surface area contributed by atoms with Crippen LogP contribution in [-0.2, 0) is 11.8 Å². The van der Waals surface area contributed by atoms with Gasteiger partial charge in [0.25, 0.3) is 0 Å². The van der Waals surface area contributed by atoms with Gasteiger partial charge in [-0.3, -0.25) is 4.98 Å². The van der Waals surface area contributed by atoms with Crippen LogP contribution in [0.3, 0.4) is 0 Å². The minimum absolute atomic E-state index is 0.00164. The third kappa shape index (κ3) is 4.13. The van der Waals surface area contributed by atoms with Crippen molar-refractivity contribution in [2.24, 2.45) is 5.92 Å². The van der Waals surface area contributed by atoms with E-state index in [1.54, 1.807) is 0 Å². The zero-order valence-electron chi connectivity index (χ0n) is 22.5. The van der Waals surface area contributed by atoms with Gasteiger partial charge < -0.3 is 8.83 Å². The Morgan fingerprint density at radius 1 is 0.838 bits per heavy atom. The quantitative estimate of drug-likeness (QED) is 0.248. The largest absolute Gasteiger partial charge is 0.461 e. The van der Waals surface area contributed by atoms with Gasteiger partial charge in [0.05, 0.1) is 5.56 Å². The molecule has 0 unspecified atom stereocenters. The minimum atomic E-state index is -0.00164. The Labute approximate surface area is 218 Å². The summed E-state index contributed by atoms with van der Waals surface area (Å²) in [6, 6.07) is 23.8. The molecule has 3 aromatic heterocycles. The molecule has 0 radical (unpaired) electrons. The second-order valence-electron chi connectivity index (χ2n) is 11.6. The van der Waals surface area contributed by atoms with Gasteiger partial charge >= 0.3 is 0 Å². The second-order valence-corrected chi connectivity index (χ2v) is 11.6. The van der Waals surface area contributed by atoms with E-state index in [4.69, 9.17) is 13.8 Å². The predicted octanol–water partition coefficient (Wildman–Crippen LogP) is 9.87. The molecule has 6 aromatic rings. The van der Waals surface area contributed by atoms with Crippen molar-refractivity contribution in [2.45, 2.75) is 53.4 Å². The van der Waals surface area contributed by atoms with Crippen molar-refractivity contribution < 1.29 is 8.83 Å². The lowest BCUT2D eigenvalue weighted by Crippen LogP contribution is -2.12. The third-order valence-corrected chi connectivity index (χ3v) is 7.20. The molecule has 0 bridgehead atoms. The van der Waals surface area contributed by atoms with Gasteiger partial charge in [-0.2, -0.15) is 0 Å². The molecule has 0 saturated carbocycles. The first-order valence-electron chi connectivity index (χ1n) is 13.1. The van der Waals surface area contributed by atoms with Gasteiger partial charge in [0, 0.05) is 22.5 Å². The van der Waals surface area contributed by atoms with E-state index in [0.29, 0.717) is 5.92 Å². The average molecular weight is 488 g/mol. The highest BCUT2D eigenvalue weighted by Crippen LogP contribution is 2.41. The van der Waals surface area contributed by atoms with E-state index in [-0.39, 0.29) is 5.41 Å². The van der Waals surface area contributed by atoms with Crippen LogP contribution in [0, 0.1) is 12.8 Å². The van der Waals surface area contributed by atoms with Crippen LogP contribution < -0.4 is 0 Å². The maximum atomic E-state index is 6.62. The van der Waals surface area contributed by atoms with Crippen LogP contribution >= 0.6 is 0 Å². The first kappa shape index (κ1) is 23.5. The standard InChI is InChI=1S/C34H33NO2/c1-20(2)15-22-11-12-29-27(16-22)31(21(3)36-29)30-19-24-13-14-35-32(33(24)37-30)25-17-23-9-7-8-10-26(23)28(18-25)34(4,5)6/h7-14,16-20H,15H2,1-6H3. The molecule has 0 fully saturated rings. The van der Waals surface area contributed by atoms with Crippen LogP contribution in [0.15, 0.2) is 81.8 Å². The van der Waals surface area contributed by atoms with Crippen molar-refractivity contribution in [3.8, 4) is 22.6 Å². The van der Waals surface area contributed by atoms with Crippen molar-refractivity contribution >= 4 is 32.7 Å². The Hall–Kier alpha value is -3.85. The number of benzene rings is 3. The van der Waals surface area contributed by atoms with Crippen LogP contribution in [0.5, 0.6) is 0 Å². The fourth-order valence-corrected chi connectivity index (χ4v) is 5.53. The van der Waals surface area contributed by atoms with Gasteiger partial charge in [-0.1, -0.05) is 65.0 Å². The molecular formula is C34H33NO2. The Morgan fingerprint density at radius 2 is 1.65 bits per heavy atom. The van der Waals surface area contributed by atoms with Crippen LogP contribution in [0.1, 0.15) is 51.5 Å². The summed E-state index contributed by atoms with van der Waals surface area (Å²) in [6.07, 6.45) is 2.91. The minimum Gasteiger partial charge on any atom is -0.461 e. The molecule has 3 aromatic carbocycles. The Balaban J connectivity index is 1.55. The number of nitrogens with zero attached hydrogens (tertiary/aromatic N) is 1. The molecule has 3 heteroatoms. The van der Waals surface area contributed by atoms with Gasteiger partial charge in [0.1, 0.15) is 22.8 Å². The number of aromatic nitrogens is 1. The van der Waals surface area contributed by atoms with E-state index < -0.39 is 0 Å². The highest BCUT2D eigenvalue weighted by Gasteiger charge is 2.22. The fraction of sp³-hybridized carbons (Fsp3) is 0.265. The van der Waals surface area contributed by atoms with Crippen molar-refractivity contribution in [1.29, 1.82) is 0 Å². The average Bonchev–Trinajstić information content (AvgIpc) is 3.41. The number of hydrogen-bond acceptors (Lipinski definition) is 3. The molecule has 3 nitrogen and oxygen atoms in total. The number of rotatable bonds is 4. The molecule has 0 amide bonds. The summed E-state index contributed by atoms with van der Waals surface area (Å²) in [5.41, 5.74) is 7.28. The number of fused-ring (bicyclic) bond motifs is 3. The Morgan fingerprint density at radius 3 is 2.43 bits per heavy atom. The monoisotopic (exact) mass is 487 g/mol. The molecular weight excluding hydrogens is 454 g/mol. The summed E-state index contributed by atoms with van der Waals surface area (Å²) in [4.78, 5) is 4.82. The summed E-state index contributed by atoms with van der Waals surface area (Å²) >= 11 is 0. The van der Waals surface area contributed by atoms with Crippen molar-refractivity contribution in [3.63, 3.8) is 0 Å². The van der Waals surface area contributed by atoms with Crippen LogP contribution in [-0.4, -0.2) is 4.98 Å². The molecule has 37 heavy (non-hydrogen) atoms. The first-order valence-corrected chi connectivity index (χ1v) is 13.1. The van der Waals surface area contributed by atoms with Crippen LogP contribution in [0.4, 0.5) is 0 Å². The van der Waals surface area contributed by atoms with Crippen LogP contribution in [0.2, 0.25) is 0 Å². The summed E-state index contributed by atoms with van der Waals surface area (Å²) in [5, 5.41) is 4.64. The van der Waals surface area contributed by atoms with Gasteiger partial charge in [0.15, 0.2) is 5.58 Å². The lowest BCUT2D eigenvalue weighted by atomic mass is 9.82. The zero-order chi connectivity index (χ0) is 25.9. The lowest BCUT2D eigenvalue weighted by molar-refractivity contribution is 0.573. The van der Waals surface area contributed by atoms with E-state index in [2.05, 4.69) is 95.3 Å². The highest BCUT2D eigenvalue weighted by molar-refractivity contribution is 6.00. The normalized spacial score (nSPS) is 12.4.